The van der Waals surface area contributed by atoms with Gasteiger partial charge in [0.15, 0.2) is 0 Å². The van der Waals surface area contributed by atoms with E-state index in [-0.39, 0.29) is 11.9 Å². The highest BCUT2D eigenvalue weighted by Gasteiger charge is 2.25. The lowest BCUT2D eigenvalue weighted by molar-refractivity contribution is 0.0660. The van der Waals surface area contributed by atoms with Gasteiger partial charge in [-0.15, -0.1) is 0 Å². The van der Waals surface area contributed by atoms with E-state index < -0.39 is 0 Å². The summed E-state index contributed by atoms with van der Waals surface area (Å²) in [6.45, 7) is 8.98. The van der Waals surface area contributed by atoms with Crippen molar-refractivity contribution in [1.82, 2.24) is 20.4 Å². The molecule has 1 aliphatic rings. The number of hydrogen-bond acceptors (Lipinski definition) is 3. The highest BCUT2D eigenvalue weighted by molar-refractivity contribution is 5.95. The first-order valence-corrected chi connectivity index (χ1v) is 7.11. The number of amides is 1. The Kier molecular flexibility index (Phi) is 4.58. The van der Waals surface area contributed by atoms with Crippen LogP contribution in [0.3, 0.4) is 0 Å². The molecule has 1 aromatic heterocycles. The molecule has 0 spiro atoms. The molecule has 1 amide bonds. The van der Waals surface area contributed by atoms with E-state index in [0.29, 0.717) is 11.5 Å². The number of rotatable bonds is 4. The fourth-order valence-electron chi connectivity index (χ4n) is 2.61. The van der Waals surface area contributed by atoms with E-state index in [1.54, 1.807) is 6.20 Å². The Bertz CT molecular complexity index is 421. The van der Waals surface area contributed by atoms with Gasteiger partial charge in [0.25, 0.3) is 5.91 Å². The number of carbonyl (C=O) groups is 1. The number of aromatic amines is 1. The van der Waals surface area contributed by atoms with Crippen LogP contribution in [0.1, 0.15) is 42.7 Å². The maximum Gasteiger partial charge on any atom is 0.257 e. The molecule has 0 radical (unpaired) electrons. The molecular weight excluding hydrogens is 240 g/mol. The Hall–Kier alpha value is -1.36. The average molecular weight is 264 g/mol. The number of carbonyl (C=O) groups excluding carboxylic acids is 1. The van der Waals surface area contributed by atoms with Crippen molar-refractivity contribution in [2.75, 3.05) is 19.6 Å². The minimum atomic E-state index is 0.0897. The third-order valence-corrected chi connectivity index (χ3v) is 3.80. The molecule has 2 heterocycles. The molecule has 5 heteroatoms. The smallest absolute Gasteiger partial charge is 0.257 e. The van der Waals surface area contributed by atoms with Crippen LogP contribution < -0.4 is 5.32 Å². The van der Waals surface area contributed by atoms with E-state index in [4.69, 9.17) is 0 Å². The Morgan fingerprint density at radius 1 is 1.58 bits per heavy atom. The number of piperidine rings is 1. The molecule has 106 valence electrons. The molecule has 0 aromatic carbocycles. The van der Waals surface area contributed by atoms with Crippen molar-refractivity contribution >= 4 is 5.91 Å². The second-order valence-electron chi connectivity index (χ2n) is 5.67. The van der Waals surface area contributed by atoms with E-state index in [0.717, 1.165) is 25.3 Å². The second kappa shape index (κ2) is 6.19. The van der Waals surface area contributed by atoms with E-state index in [2.05, 4.69) is 29.4 Å². The minimum Gasteiger partial charge on any atom is -0.336 e. The lowest BCUT2D eigenvalue weighted by Crippen LogP contribution is -2.44. The van der Waals surface area contributed by atoms with Crippen molar-refractivity contribution in [3.8, 4) is 0 Å². The third-order valence-electron chi connectivity index (χ3n) is 3.80. The van der Waals surface area contributed by atoms with Gasteiger partial charge in [-0.1, -0.05) is 0 Å². The Labute approximate surface area is 114 Å². The Balaban J connectivity index is 2.07. The van der Waals surface area contributed by atoms with Crippen LogP contribution in [0.5, 0.6) is 0 Å². The summed E-state index contributed by atoms with van der Waals surface area (Å²) in [6, 6.07) is 0.212. The van der Waals surface area contributed by atoms with E-state index in [9.17, 15) is 4.79 Å². The van der Waals surface area contributed by atoms with Gasteiger partial charge in [-0.2, -0.15) is 5.10 Å². The van der Waals surface area contributed by atoms with Crippen LogP contribution in [0, 0.1) is 12.8 Å². The van der Waals surface area contributed by atoms with Crippen molar-refractivity contribution in [2.45, 2.75) is 39.7 Å². The van der Waals surface area contributed by atoms with Crippen LogP contribution in [0.25, 0.3) is 0 Å². The van der Waals surface area contributed by atoms with Crippen LogP contribution in [-0.2, 0) is 0 Å². The number of hydrogen-bond donors (Lipinski definition) is 2. The van der Waals surface area contributed by atoms with Gasteiger partial charge in [0.05, 0.1) is 11.8 Å². The summed E-state index contributed by atoms with van der Waals surface area (Å²) < 4.78 is 0. The van der Waals surface area contributed by atoms with Gasteiger partial charge in [-0.25, -0.2) is 0 Å². The maximum absolute atomic E-state index is 12.6. The Morgan fingerprint density at radius 3 is 2.89 bits per heavy atom. The molecule has 0 aliphatic carbocycles. The number of nitrogens with zero attached hydrogens (tertiary/aromatic N) is 2. The molecule has 1 saturated heterocycles. The van der Waals surface area contributed by atoms with Gasteiger partial charge in [-0.3, -0.25) is 9.89 Å². The van der Waals surface area contributed by atoms with Crippen LogP contribution in [0.2, 0.25) is 0 Å². The van der Waals surface area contributed by atoms with Crippen molar-refractivity contribution in [2.24, 2.45) is 5.92 Å². The first kappa shape index (κ1) is 14.1. The average Bonchev–Trinajstić information content (AvgIpc) is 2.82. The summed E-state index contributed by atoms with van der Waals surface area (Å²) in [5.41, 5.74) is 1.54. The van der Waals surface area contributed by atoms with Crippen molar-refractivity contribution in [1.29, 1.82) is 0 Å². The van der Waals surface area contributed by atoms with E-state index in [1.165, 1.54) is 12.8 Å². The topological polar surface area (TPSA) is 61.0 Å². The zero-order valence-corrected chi connectivity index (χ0v) is 12.1. The van der Waals surface area contributed by atoms with E-state index in [1.807, 2.05) is 11.8 Å². The molecule has 0 bridgehead atoms. The number of aryl methyl sites for hydroxylation is 1. The highest BCUT2D eigenvalue weighted by atomic mass is 16.2. The first-order valence-electron chi connectivity index (χ1n) is 7.11. The predicted octanol–water partition coefficient (Wildman–Crippen LogP) is 1.57. The zero-order valence-electron chi connectivity index (χ0n) is 12.1. The minimum absolute atomic E-state index is 0.0897. The molecule has 1 aliphatic heterocycles. The fraction of sp³-hybridized carbons (Fsp3) is 0.714. The second-order valence-corrected chi connectivity index (χ2v) is 5.67. The molecule has 1 unspecified atom stereocenters. The number of aromatic nitrogens is 2. The SMILES string of the molecule is Cc1[nH]ncc1C(=O)N(CC1CCCNC1)C(C)C. The van der Waals surface area contributed by atoms with Gasteiger partial charge in [0.2, 0.25) is 0 Å². The normalized spacial score (nSPS) is 19.7. The molecule has 1 atom stereocenters. The van der Waals surface area contributed by atoms with Crippen molar-refractivity contribution in [3.05, 3.63) is 17.5 Å². The number of H-pyrrole nitrogens is 1. The van der Waals surface area contributed by atoms with Crippen LogP contribution >= 0.6 is 0 Å². The summed E-state index contributed by atoms with van der Waals surface area (Å²) >= 11 is 0. The van der Waals surface area contributed by atoms with Gasteiger partial charge in [0, 0.05) is 18.3 Å². The largest absolute Gasteiger partial charge is 0.336 e. The standard InChI is InChI=1S/C14H24N4O/c1-10(2)18(9-12-5-4-6-15-7-12)14(19)13-8-16-17-11(13)3/h8,10,12,15H,4-7,9H2,1-3H3,(H,16,17). The van der Waals surface area contributed by atoms with E-state index >= 15 is 0 Å². The van der Waals surface area contributed by atoms with Crippen LogP contribution in [0.4, 0.5) is 0 Å². The first-order chi connectivity index (χ1) is 9.09. The zero-order chi connectivity index (χ0) is 13.8. The van der Waals surface area contributed by atoms with Gasteiger partial charge >= 0.3 is 0 Å². The summed E-state index contributed by atoms with van der Waals surface area (Å²) in [5, 5.41) is 10.2. The summed E-state index contributed by atoms with van der Waals surface area (Å²) in [4.78, 5) is 14.6. The monoisotopic (exact) mass is 264 g/mol. The van der Waals surface area contributed by atoms with Crippen LogP contribution in [0.15, 0.2) is 6.20 Å². The molecule has 2 rings (SSSR count). The molecule has 0 saturated carbocycles. The molecule has 1 fully saturated rings. The quantitative estimate of drug-likeness (QED) is 0.867. The van der Waals surface area contributed by atoms with Crippen LogP contribution in [-0.4, -0.2) is 46.7 Å². The van der Waals surface area contributed by atoms with Crippen molar-refractivity contribution in [3.63, 3.8) is 0 Å². The molecule has 5 nitrogen and oxygen atoms in total. The van der Waals surface area contributed by atoms with Crippen molar-refractivity contribution < 1.29 is 4.79 Å². The fourth-order valence-corrected chi connectivity index (χ4v) is 2.61. The molecule has 19 heavy (non-hydrogen) atoms. The lowest BCUT2D eigenvalue weighted by atomic mass is 9.98. The summed E-state index contributed by atoms with van der Waals surface area (Å²) in [5.74, 6) is 0.652. The molecular formula is C14H24N4O. The Morgan fingerprint density at radius 2 is 2.37 bits per heavy atom. The molecule has 2 N–H and O–H groups in total. The summed E-state index contributed by atoms with van der Waals surface area (Å²) in [7, 11) is 0. The third kappa shape index (κ3) is 3.35. The lowest BCUT2D eigenvalue weighted by Gasteiger charge is -2.32. The van der Waals surface area contributed by atoms with Gasteiger partial charge < -0.3 is 10.2 Å². The number of nitrogens with one attached hydrogen (secondary N) is 2. The summed E-state index contributed by atoms with van der Waals surface area (Å²) in [6.07, 6.45) is 4.04. The highest BCUT2D eigenvalue weighted by Crippen LogP contribution is 2.17. The van der Waals surface area contributed by atoms with Gasteiger partial charge in [-0.05, 0) is 52.6 Å². The van der Waals surface area contributed by atoms with Gasteiger partial charge in [0.1, 0.15) is 0 Å². The predicted molar refractivity (Wildman–Crippen MR) is 75.1 cm³/mol. The maximum atomic E-state index is 12.6. The molecule has 1 aromatic rings.